The SMILES string of the molecule is NS(=O)(=O)C1CC(=O)N(c2ccc(CO)cc2)C1. The Morgan fingerprint density at radius 2 is 1.94 bits per heavy atom. The van der Waals surface area contributed by atoms with Gasteiger partial charge < -0.3 is 10.0 Å². The Labute approximate surface area is 105 Å². The molecule has 0 saturated carbocycles. The number of aliphatic hydroxyl groups excluding tert-OH is 1. The maximum absolute atomic E-state index is 11.7. The minimum atomic E-state index is -3.69. The number of nitrogens with two attached hydrogens (primary N) is 1. The van der Waals surface area contributed by atoms with E-state index in [4.69, 9.17) is 10.2 Å². The number of benzene rings is 1. The van der Waals surface area contributed by atoms with E-state index >= 15 is 0 Å². The molecule has 2 rings (SSSR count). The maximum Gasteiger partial charge on any atom is 0.228 e. The van der Waals surface area contributed by atoms with Gasteiger partial charge in [0.05, 0.1) is 6.61 Å². The van der Waals surface area contributed by atoms with Gasteiger partial charge in [-0.2, -0.15) is 0 Å². The molecule has 0 radical (unpaired) electrons. The Balaban J connectivity index is 2.21. The van der Waals surface area contributed by atoms with Crippen molar-refractivity contribution in [2.75, 3.05) is 11.4 Å². The van der Waals surface area contributed by atoms with Crippen LogP contribution in [0.4, 0.5) is 5.69 Å². The van der Waals surface area contributed by atoms with Crippen molar-refractivity contribution >= 4 is 21.6 Å². The standard InChI is InChI=1S/C11H14N2O4S/c12-18(16,17)10-5-11(15)13(6-10)9-3-1-8(7-14)2-4-9/h1-4,10,14H,5-7H2,(H2,12,16,17). The van der Waals surface area contributed by atoms with Gasteiger partial charge in [0.2, 0.25) is 15.9 Å². The molecule has 98 valence electrons. The van der Waals surface area contributed by atoms with Gasteiger partial charge >= 0.3 is 0 Å². The smallest absolute Gasteiger partial charge is 0.228 e. The van der Waals surface area contributed by atoms with Crippen LogP contribution in [0.15, 0.2) is 24.3 Å². The molecule has 1 amide bonds. The number of rotatable bonds is 3. The fraction of sp³-hybridized carbons (Fsp3) is 0.364. The largest absolute Gasteiger partial charge is 0.392 e. The van der Waals surface area contributed by atoms with Crippen LogP contribution < -0.4 is 10.0 Å². The van der Waals surface area contributed by atoms with E-state index in [1.54, 1.807) is 24.3 Å². The lowest BCUT2D eigenvalue weighted by molar-refractivity contribution is -0.117. The highest BCUT2D eigenvalue weighted by Gasteiger charge is 2.37. The number of nitrogens with zero attached hydrogens (tertiary/aromatic N) is 1. The highest BCUT2D eigenvalue weighted by atomic mass is 32.2. The number of anilines is 1. The third-order valence-electron chi connectivity index (χ3n) is 2.98. The molecule has 1 atom stereocenters. The topological polar surface area (TPSA) is 101 Å². The fourth-order valence-electron chi connectivity index (χ4n) is 1.93. The van der Waals surface area contributed by atoms with Crippen molar-refractivity contribution in [3.63, 3.8) is 0 Å². The van der Waals surface area contributed by atoms with E-state index in [0.717, 1.165) is 5.56 Å². The molecule has 1 aliphatic heterocycles. The molecule has 0 spiro atoms. The van der Waals surface area contributed by atoms with E-state index in [-0.39, 0.29) is 25.5 Å². The molecular formula is C11H14N2O4S. The van der Waals surface area contributed by atoms with Crippen molar-refractivity contribution in [3.8, 4) is 0 Å². The molecule has 1 saturated heterocycles. The number of amides is 1. The Morgan fingerprint density at radius 3 is 2.39 bits per heavy atom. The lowest BCUT2D eigenvalue weighted by atomic mass is 10.2. The first-order chi connectivity index (χ1) is 8.41. The summed E-state index contributed by atoms with van der Waals surface area (Å²) in [5.41, 5.74) is 1.34. The third kappa shape index (κ3) is 2.53. The summed E-state index contributed by atoms with van der Waals surface area (Å²) in [5.74, 6) is -0.259. The summed E-state index contributed by atoms with van der Waals surface area (Å²) in [7, 11) is -3.69. The predicted molar refractivity (Wildman–Crippen MR) is 66.2 cm³/mol. The van der Waals surface area contributed by atoms with Gasteiger partial charge in [-0.1, -0.05) is 12.1 Å². The zero-order valence-electron chi connectivity index (χ0n) is 9.61. The maximum atomic E-state index is 11.7. The average molecular weight is 270 g/mol. The summed E-state index contributed by atoms with van der Waals surface area (Å²) < 4.78 is 22.4. The normalized spacial score (nSPS) is 20.4. The molecule has 1 heterocycles. The highest BCUT2D eigenvalue weighted by Crippen LogP contribution is 2.24. The van der Waals surface area contributed by atoms with Crippen molar-refractivity contribution in [1.82, 2.24) is 0 Å². The van der Waals surface area contributed by atoms with Gasteiger partial charge in [-0.15, -0.1) is 0 Å². The molecule has 1 aliphatic rings. The Bertz CT molecular complexity index is 553. The van der Waals surface area contributed by atoms with Crippen LogP contribution in [-0.4, -0.2) is 31.2 Å². The molecule has 3 N–H and O–H groups in total. The molecule has 7 heteroatoms. The van der Waals surface area contributed by atoms with Crippen LogP contribution in [0.5, 0.6) is 0 Å². The van der Waals surface area contributed by atoms with Crippen molar-refractivity contribution in [2.24, 2.45) is 5.14 Å². The van der Waals surface area contributed by atoms with Crippen molar-refractivity contribution in [3.05, 3.63) is 29.8 Å². The summed E-state index contributed by atoms with van der Waals surface area (Å²) in [6, 6.07) is 6.73. The van der Waals surface area contributed by atoms with E-state index in [2.05, 4.69) is 0 Å². The van der Waals surface area contributed by atoms with Crippen LogP contribution >= 0.6 is 0 Å². The summed E-state index contributed by atoms with van der Waals surface area (Å²) in [4.78, 5) is 13.1. The van der Waals surface area contributed by atoms with Crippen molar-refractivity contribution < 1.29 is 18.3 Å². The first-order valence-electron chi connectivity index (χ1n) is 5.43. The monoisotopic (exact) mass is 270 g/mol. The van der Waals surface area contributed by atoms with Crippen molar-refractivity contribution in [1.29, 1.82) is 0 Å². The third-order valence-corrected chi connectivity index (χ3v) is 4.23. The van der Waals surface area contributed by atoms with Crippen LogP contribution in [0.3, 0.4) is 0 Å². The molecule has 0 bridgehead atoms. The summed E-state index contributed by atoms with van der Waals surface area (Å²) >= 11 is 0. The van der Waals surface area contributed by atoms with Crippen molar-refractivity contribution in [2.45, 2.75) is 18.3 Å². The second-order valence-corrected chi connectivity index (χ2v) is 6.09. The number of hydrogen-bond acceptors (Lipinski definition) is 4. The number of primary sulfonamides is 1. The van der Waals surface area contributed by atoms with Gasteiger partial charge in [-0.25, -0.2) is 13.6 Å². The van der Waals surface area contributed by atoms with Crippen LogP contribution in [0.2, 0.25) is 0 Å². The quantitative estimate of drug-likeness (QED) is 0.778. The summed E-state index contributed by atoms with van der Waals surface area (Å²) in [6.45, 7) is 0.00414. The van der Waals surface area contributed by atoms with Crippen LogP contribution in [-0.2, 0) is 21.4 Å². The van der Waals surface area contributed by atoms with Crippen LogP contribution in [0, 0.1) is 0 Å². The van der Waals surface area contributed by atoms with E-state index in [9.17, 15) is 13.2 Å². The average Bonchev–Trinajstić information content (AvgIpc) is 2.71. The Morgan fingerprint density at radius 1 is 1.33 bits per heavy atom. The molecule has 1 aromatic rings. The number of carbonyl (C=O) groups excluding carboxylic acids is 1. The number of aliphatic hydroxyl groups is 1. The molecule has 1 fully saturated rings. The second kappa shape index (κ2) is 4.68. The van der Waals surface area contributed by atoms with Crippen LogP contribution in [0.25, 0.3) is 0 Å². The lowest BCUT2D eigenvalue weighted by Crippen LogP contribution is -2.32. The van der Waals surface area contributed by atoms with E-state index in [1.165, 1.54) is 4.90 Å². The molecule has 1 aromatic carbocycles. The molecular weight excluding hydrogens is 256 g/mol. The van der Waals surface area contributed by atoms with E-state index < -0.39 is 15.3 Å². The number of sulfonamides is 1. The highest BCUT2D eigenvalue weighted by molar-refractivity contribution is 7.89. The fourth-order valence-corrected chi connectivity index (χ4v) is 2.66. The lowest BCUT2D eigenvalue weighted by Gasteiger charge is -2.16. The van der Waals surface area contributed by atoms with E-state index in [0.29, 0.717) is 5.69 Å². The summed E-state index contributed by atoms with van der Waals surface area (Å²) in [6.07, 6.45) is -0.0828. The Kier molecular flexibility index (Phi) is 3.38. The minimum absolute atomic E-state index is 0.0754. The van der Waals surface area contributed by atoms with E-state index in [1.807, 2.05) is 0 Å². The van der Waals surface area contributed by atoms with Gasteiger partial charge in [-0.05, 0) is 17.7 Å². The first kappa shape index (κ1) is 13.0. The predicted octanol–water partition coefficient (Wildman–Crippen LogP) is -0.427. The Hall–Kier alpha value is -1.44. The van der Waals surface area contributed by atoms with Gasteiger partial charge in [0.1, 0.15) is 5.25 Å². The molecule has 6 nitrogen and oxygen atoms in total. The zero-order valence-corrected chi connectivity index (χ0v) is 10.4. The van der Waals surface area contributed by atoms with Gasteiger partial charge in [-0.3, -0.25) is 4.79 Å². The van der Waals surface area contributed by atoms with Crippen LogP contribution in [0.1, 0.15) is 12.0 Å². The number of hydrogen-bond donors (Lipinski definition) is 2. The zero-order chi connectivity index (χ0) is 13.3. The van der Waals surface area contributed by atoms with Gasteiger partial charge in [0.25, 0.3) is 0 Å². The van der Waals surface area contributed by atoms with Gasteiger partial charge in [0.15, 0.2) is 0 Å². The molecule has 0 aliphatic carbocycles. The first-order valence-corrected chi connectivity index (χ1v) is 7.04. The molecule has 0 aromatic heterocycles. The number of carbonyl (C=O) groups is 1. The minimum Gasteiger partial charge on any atom is -0.392 e. The second-order valence-electron chi connectivity index (χ2n) is 4.24. The molecule has 18 heavy (non-hydrogen) atoms. The van der Waals surface area contributed by atoms with Gasteiger partial charge in [0, 0.05) is 18.7 Å². The molecule has 1 unspecified atom stereocenters. The summed E-state index contributed by atoms with van der Waals surface area (Å²) in [5, 5.41) is 13.1.